The maximum Gasteiger partial charge on any atom is 0.0720 e. The summed E-state index contributed by atoms with van der Waals surface area (Å²) in [5.41, 5.74) is 0.302. The summed E-state index contributed by atoms with van der Waals surface area (Å²) in [6, 6.07) is 0. The molecule has 4 rings (SSSR count). The van der Waals surface area contributed by atoms with Crippen molar-refractivity contribution in [3.05, 3.63) is 0 Å². The normalized spacial score (nSPS) is 47.2. The highest BCUT2D eigenvalue weighted by atomic mass is 16.3. The summed E-state index contributed by atoms with van der Waals surface area (Å²) in [4.78, 5) is 0. The molecule has 0 aromatic heterocycles. The van der Waals surface area contributed by atoms with Crippen LogP contribution in [-0.4, -0.2) is 24.3 Å². The van der Waals surface area contributed by atoms with Crippen molar-refractivity contribution in [1.82, 2.24) is 5.32 Å². The number of hydrogen-bond donors (Lipinski definition) is 2. The average molecular weight is 223 g/mol. The van der Waals surface area contributed by atoms with Crippen molar-refractivity contribution in [2.24, 2.45) is 23.2 Å². The third-order valence-corrected chi connectivity index (χ3v) is 5.38. The zero-order valence-electron chi connectivity index (χ0n) is 10.4. The fraction of sp³-hybridized carbons (Fsp3) is 1.00. The van der Waals surface area contributed by atoms with Crippen LogP contribution >= 0.6 is 0 Å². The largest absolute Gasteiger partial charge is 0.391 e. The predicted octanol–water partition coefficient (Wildman–Crippen LogP) is 2.17. The summed E-state index contributed by atoms with van der Waals surface area (Å²) in [6.07, 6.45) is 8.23. The SMILES string of the molecule is CCNCC(O)C12CC3CC(CC(C3)C1)C2. The van der Waals surface area contributed by atoms with Gasteiger partial charge >= 0.3 is 0 Å². The molecule has 0 radical (unpaired) electrons. The van der Waals surface area contributed by atoms with E-state index in [1.165, 1.54) is 38.5 Å². The molecule has 4 saturated carbocycles. The Bertz CT molecular complexity index is 228. The van der Waals surface area contributed by atoms with Gasteiger partial charge in [-0.05, 0) is 68.2 Å². The summed E-state index contributed by atoms with van der Waals surface area (Å²) in [7, 11) is 0. The first kappa shape index (κ1) is 11.0. The molecule has 4 fully saturated rings. The number of aliphatic hydroxyl groups excluding tert-OH is 1. The van der Waals surface area contributed by atoms with Crippen LogP contribution in [0, 0.1) is 23.2 Å². The van der Waals surface area contributed by atoms with Gasteiger partial charge in [0.05, 0.1) is 6.10 Å². The first-order chi connectivity index (χ1) is 7.72. The summed E-state index contributed by atoms with van der Waals surface area (Å²) >= 11 is 0. The van der Waals surface area contributed by atoms with Gasteiger partial charge < -0.3 is 10.4 Å². The Morgan fingerprint density at radius 1 is 1.12 bits per heavy atom. The molecular weight excluding hydrogens is 198 g/mol. The molecule has 0 saturated heterocycles. The molecule has 4 bridgehead atoms. The Morgan fingerprint density at radius 3 is 2.06 bits per heavy atom. The van der Waals surface area contributed by atoms with Crippen molar-refractivity contribution in [3.63, 3.8) is 0 Å². The molecule has 2 heteroatoms. The van der Waals surface area contributed by atoms with Gasteiger partial charge in [-0.1, -0.05) is 6.92 Å². The lowest BCUT2D eigenvalue weighted by Gasteiger charge is -2.58. The smallest absolute Gasteiger partial charge is 0.0720 e. The monoisotopic (exact) mass is 223 g/mol. The van der Waals surface area contributed by atoms with Crippen molar-refractivity contribution < 1.29 is 5.11 Å². The second kappa shape index (κ2) is 3.99. The van der Waals surface area contributed by atoms with Gasteiger partial charge in [-0.15, -0.1) is 0 Å². The van der Waals surface area contributed by atoms with Gasteiger partial charge in [0.2, 0.25) is 0 Å². The van der Waals surface area contributed by atoms with Crippen LogP contribution in [0.2, 0.25) is 0 Å². The van der Waals surface area contributed by atoms with Gasteiger partial charge in [0.15, 0.2) is 0 Å². The molecule has 16 heavy (non-hydrogen) atoms. The van der Waals surface area contributed by atoms with Crippen molar-refractivity contribution in [2.75, 3.05) is 13.1 Å². The summed E-state index contributed by atoms with van der Waals surface area (Å²) < 4.78 is 0. The Hall–Kier alpha value is -0.0800. The molecule has 2 nitrogen and oxygen atoms in total. The van der Waals surface area contributed by atoms with Crippen molar-refractivity contribution in [2.45, 2.75) is 51.6 Å². The number of nitrogens with one attached hydrogen (secondary N) is 1. The highest BCUT2D eigenvalue weighted by Crippen LogP contribution is 2.61. The van der Waals surface area contributed by atoms with E-state index >= 15 is 0 Å². The van der Waals surface area contributed by atoms with Crippen LogP contribution in [-0.2, 0) is 0 Å². The van der Waals surface area contributed by atoms with Crippen LogP contribution in [0.15, 0.2) is 0 Å². The van der Waals surface area contributed by atoms with Gasteiger partial charge in [0.25, 0.3) is 0 Å². The molecule has 1 atom stereocenters. The number of hydrogen-bond acceptors (Lipinski definition) is 2. The second-order valence-corrected chi connectivity index (χ2v) is 6.60. The lowest BCUT2D eigenvalue weighted by atomic mass is 9.48. The van der Waals surface area contributed by atoms with E-state index < -0.39 is 0 Å². The van der Waals surface area contributed by atoms with E-state index in [9.17, 15) is 5.11 Å². The van der Waals surface area contributed by atoms with Crippen LogP contribution in [0.3, 0.4) is 0 Å². The second-order valence-electron chi connectivity index (χ2n) is 6.60. The zero-order chi connectivity index (χ0) is 11.2. The van der Waals surface area contributed by atoms with E-state index in [0.717, 1.165) is 30.8 Å². The number of aliphatic hydroxyl groups is 1. The molecular formula is C14H25NO. The number of rotatable bonds is 4. The number of likely N-dealkylation sites (N-methyl/N-ethyl adjacent to an activating group) is 1. The van der Waals surface area contributed by atoms with E-state index in [1.54, 1.807) is 0 Å². The minimum Gasteiger partial charge on any atom is -0.391 e. The Balaban J connectivity index is 1.72. The third-order valence-electron chi connectivity index (χ3n) is 5.38. The molecule has 0 aliphatic heterocycles. The Morgan fingerprint density at radius 2 is 1.62 bits per heavy atom. The maximum atomic E-state index is 10.5. The van der Waals surface area contributed by atoms with E-state index in [1.807, 2.05) is 0 Å². The van der Waals surface area contributed by atoms with Crippen LogP contribution in [0.5, 0.6) is 0 Å². The summed E-state index contributed by atoms with van der Waals surface area (Å²) in [5, 5.41) is 13.8. The molecule has 4 aliphatic carbocycles. The molecule has 1 unspecified atom stereocenters. The van der Waals surface area contributed by atoms with Gasteiger partial charge in [-0.25, -0.2) is 0 Å². The topological polar surface area (TPSA) is 32.3 Å². The van der Waals surface area contributed by atoms with E-state index in [0.29, 0.717) is 5.41 Å². The van der Waals surface area contributed by atoms with Gasteiger partial charge in [0.1, 0.15) is 0 Å². The van der Waals surface area contributed by atoms with E-state index in [4.69, 9.17) is 0 Å². The van der Waals surface area contributed by atoms with Crippen molar-refractivity contribution in [3.8, 4) is 0 Å². The van der Waals surface area contributed by atoms with Gasteiger partial charge in [-0.2, -0.15) is 0 Å². The zero-order valence-corrected chi connectivity index (χ0v) is 10.4. The minimum absolute atomic E-state index is 0.0964. The first-order valence-electron chi connectivity index (χ1n) is 7.10. The van der Waals surface area contributed by atoms with Gasteiger partial charge in [0, 0.05) is 6.54 Å². The summed E-state index contributed by atoms with van der Waals surface area (Å²) in [5.74, 6) is 2.84. The maximum absolute atomic E-state index is 10.5. The predicted molar refractivity (Wildman–Crippen MR) is 65.2 cm³/mol. The minimum atomic E-state index is -0.0964. The molecule has 2 N–H and O–H groups in total. The quantitative estimate of drug-likeness (QED) is 0.765. The summed E-state index contributed by atoms with van der Waals surface area (Å²) in [6.45, 7) is 3.90. The van der Waals surface area contributed by atoms with Crippen LogP contribution < -0.4 is 5.32 Å². The first-order valence-corrected chi connectivity index (χ1v) is 7.10. The van der Waals surface area contributed by atoms with E-state index in [-0.39, 0.29) is 6.10 Å². The van der Waals surface area contributed by atoms with Crippen molar-refractivity contribution >= 4 is 0 Å². The highest BCUT2D eigenvalue weighted by molar-refractivity contribution is 5.04. The Kier molecular flexibility index (Phi) is 2.75. The Labute approximate surface area is 98.8 Å². The van der Waals surface area contributed by atoms with Crippen LogP contribution in [0.4, 0.5) is 0 Å². The molecule has 92 valence electrons. The van der Waals surface area contributed by atoms with Crippen LogP contribution in [0.1, 0.15) is 45.4 Å². The molecule has 4 aliphatic rings. The van der Waals surface area contributed by atoms with Crippen LogP contribution in [0.25, 0.3) is 0 Å². The molecule has 0 spiro atoms. The third kappa shape index (κ3) is 1.70. The molecule has 0 aromatic carbocycles. The van der Waals surface area contributed by atoms with Gasteiger partial charge in [-0.3, -0.25) is 0 Å². The highest BCUT2D eigenvalue weighted by Gasteiger charge is 2.53. The lowest BCUT2D eigenvalue weighted by molar-refractivity contribution is -0.118. The molecule has 0 amide bonds. The standard InChI is InChI=1S/C14H25NO/c1-2-15-9-13(16)14-6-10-3-11(7-14)5-12(4-10)8-14/h10-13,15-16H,2-9H2,1H3. The fourth-order valence-electron chi connectivity index (χ4n) is 5.08. The average Bonchev–Trinajstić information content (AvgIpc) is 2.24. The molecule has 0 aromatic rings. The van der Waals surface area contributed by atoms with E-state index in [2.05, 4.69) is 12.2 Å². The molecule has 0 heterocycles. The van der Waals surface area contributed by atoms with Crippen molar-refractivity contribution in [1.29, 1.82) is 0 Å². The fourth-order valence-corrected chi connectivity index (χ4v) is 5.08. The lowest BCUT2D eigenvalue weighted by Crippen LogP contribution is -2.54.